The molecule has 0 saturated heterocycles. The molecule has 0 unspecified atom stereocenters. The zero-order chi connectivity index (χ0) is 13.3. The average Bonchev–Trinajstić information content (AvgIpc) is 2.49. The maximum absolute atomic E-state index is 11.8. The predicted octanol–water partition coefficient (Wildman–Crippen LogP) is 4.49. The first-order valence-electron chi connectivity index (χ1n) is 6.23. The standard InChI is InChI=1S/C16H16OS2/c17-16(15-9-5-2-6-10-15)13-19-18-12-11-14-7-3-1-4-8-14/h1-10H,11-13H2. The van der Waals surface area contributed by atoms with Crippen LogP contribution in [0, 0.1) is 0 Å². The van der Waals surface area contributed by atoms with Gasteiger partial charge in [0.05, 0.1) is 5.75 Å². The Labute approximate surface area is 122 Å². The van der Waals surface area contributed by atoms with Crippen LogP contribution in [0.5, 0.6) is 0 Å². The summed E-state index contributed by atoms with van der Waals surface area (Å²) in [6.45, 7) is 0. The van der Waals surface area contributed by atoms with Gasteiger partial charge in [0, 0.05) is 11.3 Å². The number of hydrogen-bond donors (Lipinski definition) is 0. The molecule has 2 aromatic rings. The van der Waals surface area contributed by atoms with Crippen molar-refractivity contribution in [3.8, 4) is 0 Å². The average molecular weight is 288 g/mol. The molecule has 0 aliphatic rings. The first kappa shape index (κ1) is 14.2. The minimum Gasteiger partial charge on any atom is -0.293 e. The number of aryl methyl sites for hydroxylation is 1. The van der Waals surface area contributed by atoms with Crippen LogP contribution < -0.4 is 0 Å². The Bertz CT molecular complexity index is 497. The van der Waals surface area contributed by atoms with Crippen molar-refractivity contribution < 1.29 is 4.79 Å². The summed E-state index contributed by atoms with van der Waals surface area (Å²) in [7, 11) is 3.41. The second-order valence-corrected chi connectivity index (χ2v) is 6.69. The van der Waals surface area contributed by atoms with Crippen molar-refractivity contribution >= 4 is 27.4 Å². The molecule has 0 aromatic heterocycles. The topological polar surface area (TPSA) is 17.1 Å². The summed E-state index contributed by atoms with van der Waals surface area (Å²) in [6, 6.07) is 19.9. The third kappa shape index (κ3) is 5.13. The zero-order valence-electron chi connectivity index (χ0n) is 10.6. The van der Waals surface area contributed by atoms with Gasteiger partial charge in [0.2, 0.25) is 0 Å². The van der Waals surface area contributed by atoms with Crippen molar-refractivity contribution in [3.05, 3.63) is 71.8 Å². The van der Waals surface area contributed by atoms with Crippen LogP contribution >= 0.6 is 21.6 Å². The molecule has 19 heavy (non-hydrogen) atoms. The van der Waals surface area contributed by atoms with Crippen LogP contribution in [0.4, 0.5) is 0 Å². The fourth-order valence-electron chi connectivity index (χ4n) is 1.67. The van der Waals surface area contributed by atoms with Crippen molar-refractivity contribution in [3.63, 3.8) is 0 Å². The van der Waals surface area contributed by atoms with E-state index in [0.717, 1.165) is 17.7 Å². The van der Waals surface area contributed by atoms with E-state index in [9.17, 15) is 4.79 Å². The number of ketones is 1. The predicted molar refractivity (Wildman–Crippen MR) is 85.8 cm³/mol. The Morgan fingerprint density at radius 1 is 0.842 bits per heavy atom. The van der Waals surface area contributed by atoms with E-state index in [0.29, 0.717) is 5.75 Å². The van der Waals surface area contributed by atoms with E-state index >= 15 is 0 Å². The van der Waals surface area contributed by atoms with E-state index in [1.54, 1.807) is 21.6 Å². The molecular weight excluding hydrogens is 272 g/mol. The highest BCUT2D eigenvalue weighted by atomic mass is 33.1. The van der Waals surface area contributed by atoms with E-state index in [-0.39, 0.29) is 5.78 Å². The number of Topliss-reactive ketones (excluding diaryl/α,β-unsaturated/α-hetero) is 1. The lowest BCUT2D eigenvalue weighted by molar-refractivity contribution is 0.102. The smallest absolute Gasteiger partial charge is 0.173 e. The molecule has 0 fully saturated rings. The molecule has 0 aliphatic heterocycles. The Morgan fingerprint density at radius 3 is 2.16 bits per heavy atom. The SMILES string of the molecule is O=C(CSSCCc1ccccc1)c1ccccc1. The van der Waals surface area contributed by atoms with E-state index in [1.165, 1.54) is 5.56 Å². The molecule has 3 heteroatoms. The molecule has 98 valence electrons. The van der Waals surface area contributed by atoms with Crippen LogP contribution in [-0.4, -0.2) is 17.3 Å². The third-order valence-corrected chi connectivity index (χ3v) is 4.96. The summed E-state index contributed by atoms with van der Waals surface area (Å²) in [4.78, 5) is 11.8. The third-order valence-electron chi connectivity index (χ3n) is 2.69. The minimum absolute atomic E-state index is 0.206. The van der Waals surface area contributed by atoms with Gasteiger partial charge in [0.15, 0.2) is 5.78 Å². The molecule has 0 spiro atoms. The van der Waals surface area contributed by atoms with Crippen LogP contribution in [-0.2, 0) is 6.42 Å². The highest BCUT2D eigenvalue weighted by Gasteiger charge is 2.04. The lowest BCUT2D eigenvalue weighted by atomic mass is 10.2. The molecule has 0 radical (unpaired) electrons. The first-order valence-corrected chi connectivity index (χ1v) is 8.71. The first-order chi connectivity index (χ1) is 9.36. The molecule has 0 aliphatic carbocycles. The summed E-state index contributed by atoms with van der Waals surface area (Å²) in [5.74, 6) is 1.79. The van der Waals surface area contributed by atoms with Crippen molar-refractivity contribution in [1.82, 2.24) is 0 Å². The van der Waals surface area contributed by atoms with Crippen LogP contribution in [0.2, 0.25) is 0 Å². The van der Waals surface area contributed by atoms with Crippen LogP contribution in [0.25, 0.3) is 0 Å². The summed E-state index contributed by atoms with van der Waals surface area (Å²) in [5, 5.41) is 0. The second kappa shape index (κ2) is 8.08. The number of benzene rings is 2. The Balaban J connectivity index is 1.63. The number of hydrogen-bond acceptors (Lipinski definition) is 3. The number of rotatable bonds is 7. The maximum Gasteiger partial charge on any atom is 0.173 e. The maximum atomic E-state index is 11.8. The highest BCUT2D eigenvalue weighted by Crippen LogP contribution is 2.23. The van der Waals surface area contributed by atoms with Gasteiger partial charge in [-0.2, -0.15) is 0 Å². The van der Waals surface area contributed by atoms with E-state index in [1.807, 2.05) is 36.4 Å². The van der Waals surface area contributed by atoms with Gasteiger partial charge in [-0.05, 0) is 12.0 Å². The number of carbonyl (C=O) groups is 1. The molecule has 0 heterocycles. The quantitative estimate of drug-likeness (QED) is 0.424. The molecule has 0 N–H and O–H groups in total. The van der Waals surface area contributed by atoms with Crippen LogP contribution in [0.15, 0.2) is 60.7 Å². The van der Waals surface area contributed by atoms with Crippen molar-refractivity contribution in [2.24, 2.45) is 0 Å². The van der Waals surface area contributed by atoms with Gasteiger partial charge < -0.3 is 0 Å². The number of carbonyl (C=O) groups excluding carboxylic acids is 1. The summed E-state index contributed by atoms with van der Waals surface area (Å²) in [6.07, 6.45) is 1.05. The van der Waals surface area contributed by atoms with E-state index in [4.69, 9.17) is 0 Å². The summed E-state index contributed by atoms with van der Waals surface area (Å²) in [5.41, 5.74) is 2.16. The van der Waals surface area contributed by atoms with Gasteiger partial charge >= 0.3 is 0 Å². The van der Waals surface area contributed by atoms with Gasteiger partial charge in [-0.1, -0.05) is 82.3 Å². The Kier molecular flexibility index (Phi) is 6.05. The summed E-state index contributed by atoms with van der Waals surface area (Å²) < 4.78 is 0. The lowest BCUT2D eigenvalue weighted by Crippen LogP contribution is -2.00. The van der Waals surface area contributed by atoms with Crippen molar-refractivity contribution in [1.29, 1.82) is 0 Å². The van der Waals surface area contributed by atoms with Gasteiger partial charge in [-0.3, -0.25) is 4.79 Å². The van der Waals surface area contributed by atoms with Crippen LogP contribution in [0.3, 0.4) is 0 Å². The molecule has 0 saturated carbocycles. The molecule has 0 amide bonds. The second-order valence-electron chi connectivity index (χ2n) is 4.11. The van der Waals surface area contributed by atoms with Crippen molar-refractivity contribution in [2.75, 3.05) is 11.5 Å². The summed E-state index contributed by atoms with van der Waals surface area (Å²) >= 11 is 0. The fraction of sp³-hybridized carbons (Fsp3) is 0.188. The van der Waals surface area contributed by atoms with E-state index in [2.05, 4.69) is 24.3 Å². The van der Waals surface area contributed by atoms with Gasteiger partial charge in [-0.15, -0.1) is 0 Å². The normalized spacial score (nSPS) is 10.3. The molecular formula is C16H16OS2. The molecule has 2 rings (SSSR count). The molecule has 1 nitrogen and oxygen atoms in total. The zero-order valence-corrected chi connectivity index (χ0v) is 12.3. The molecule has 0 bridgehead atoms. The highest BCUT2D eigenvalue weighted by molar-refractivity contribution is 8.76. The Hall–Kier alpha value is -1.19. The fourth-order valence-corrected chi connectivity index (χ4v) is 3.63. The largest absolute Gasteiger partial charge is 0.293 e. The van der Waals surface area contributed by atoms with Crippen molar-refractivity contribution in [2.45, 2.75) is 6.42 Å². The van der Waals surface area contributed by atoms with Gasteiger partial charge in [-0.25, -0.2) is 0 Å². The lowest BCUT2D eigenvalue weighted by Gasteiger charge is -2.02. The Morgan fingerprint density at radius 2 is 1.47 bits per heavy atom. The van der Waals surface area contributed by atoms with E-state index < -0.39 is 0 Å². The molecule has 0 atom stereocenters. The minimum atomic E-state index is 0.206. The van der Waals surface area contributed by atoms with Crippen LogP contribution in [0.1, 0.15) is 15.9 Å². The molecule has 2 aromatic carbocycles. The van der Waals surface area contributed by atoms with Gasteiger partial charge in [0.25, 0.3) is 0 Å². The monoisotopic (exact) mass is 288 g/mol. The van der Waals surface area contributed by atoms with Gasteiger partial charge in [0.1, 0.15) is 0 Å².